The molecule has 0 radical (unpaired) electrons. The zero-order valence-corrected chi connectivity index (χ0v) is 18.8. The first-order valence-electron chi connectivity index (χ1n) is 11.1. The molecule has 0 fully saturated rings. The molecule has 2 rings (SSSR count). The van der Waals surface area contributed by atoms with Crippen LogP contribution in [-0.2, 0) is 4.57 Å². The predicted octanol–water partition coefficient (Wildman–Crippen LogP) is 6.12. The molecule has 154 valence electrons. The zero-order chi connectivity index (χ0) is 20.2. The van der Waals surface area contributed by atoms with Crippen molar-refractivity contribution in [2.75, 3.05) is 6.54 Å². The molecule has 28 heavy (non-hydrogen) atoms. The molecule has 0 spiro atoms. The van der Waals surface area contributed by atoms with Gasteiger partial charge in [-0.15, -0.1) is 0 Å². The van der Waals surface area contributed by atoms with Crippen LogP contribution in [0.4, 0.5) is 0 Å². The molecular weight excluding hydrogens is 361 g/mol. The van der Waals surface area contributed by atoms with E-state index in [0.29, 0.717) is 0 Å². The Balaban J connectivity index is 2.53. The average molecular weight is 400 g/mol. The van der Waals surface area contributed by atoms with Gasteiger partial charge in [0.2, 0.25) is 0 Å². The number of rotatable bonds is 13. The van der Waals surface area contributed by atoms with Gasteiger partial charge in [0.1, 0.15) is 7.14 Å². The summed E-state index contributed by atoms with van der Waals surface area (Å²) < 4.78 is 14.9. The summed E-state index contributed by atoms with van der Waals surface area (Å²) in [5.74, 6) is 0. The van der Waals surface area contributed by atoms with Gasteiger partial charge in [0, 0.05) is 22.3 Å². The first-order valence-corrected chi connectivity index (χ1v) is 12.9. The molecule has 2 aromatic rings. The molecule has 0 bridgehead atoms. The maximum atomic E-state index is 14.9. The highest BCUT2D eigenvalue weighted by atomic mass is 31.2. The van der Waals surface area contributed by atoms with Gasteiger partial charge >= 0.3 is 0 Å². The van der Waals surface area contributed by atoms with Gasteiger partial charge in [-0.3, -0.25) is 0 Å². The highest BCUT2D eigenvalue weighted by molar-refractivity contribution is 7.79. The molecule has 0 saturated heterocycles. The molecule has 2 atom stereocenters. The van der Waals surface area contributed by atoms with Crippen LogP contribution in [0.2, 0.25) is 0 Å². The van der Waals surface area contributed by atoms with Gasteiger partial charge in [0.05, 0.1) is 0 Å². The van der Waals surface area contributed by atoms with Crippen LogP contribution in [0, 0.1) is 0 Å². The zero-order valence-electron chi connectivity index (χ0n) is 17.9. The summed E-state index contributed by atoms with van der Waals surface area (Å²) in [5, 5.41) is 5.80. The molecule has 0 aliphatic carbocycles. The lowest BCUT2D eigenvalue weighted by molar-refractivity contribution is 0.423. The van der Waals surface area contributed by atoms with Crippen molar-refractivity contribution >= 4 is 17.8 Å². The summed E-state index contributed by atoms with van der Waals surface area (Å²) in [4.78, 5) is 0. The highest BCUT2D eigenvalue weighted by Crippen LogP contribution is 2.52. The average Bonchev–Trinajstić information content (AvgIpc) is 2.75. The van der Waals surface area contributed by atoms with Crippen LogP contribution in [0.15, 0.2) is 60.7 Å². The van der Waals surface area contributed by atoms with E-state index in [1.54, 1.807) is 0 Å². The van der Waals surface area contributed by atoms with E-state index in [4.69, 9.17) is 0 Å². The van der Waals surface area contributed by atoms with Crippen molar-refractivity contribution in [2.45, 2.75) is 77.4 Å². The third-order valence-corrected chi connectivity index (χ3v) is 9.28. The first kappa shape index (κ1) is 22.9. The fourth-order valence-corrected chi connectivity index (χ4v) is 7.69. The standard InChI is InChI=1S/C25H38NOP/c1-4-7-20-25(24(15-6-3)26-21-8-5-2)28(27,22-16-11-9-12-17-22)23-18-13-10-14-19-23/h9-14,16-19,24-26H,4-8,15,20-21H2,1-3H3. The van der Waals surface area contributed by atoms with Crippen molar-refractivity contribution in [3.63, 3.8) is 0 Å². The van der Waals surface area contributed by atoms with E-state index in [-0.39, 0.29) is 11.7 Å². The second-order valence-electron chi connectivity index (χ2n) is 7.74. The Morgan fingerprint density at radius 2 is 1.29 bits per heavy atom. The minimum Gasteiger partial charge on any atom is -0.313 e. The first-order chi connectivity index (χ1) is 13.7. The van der Waals surface area contributed by atoms with E-state index in [0.717, 1.165) is 49.3 Å². The van der Waals surface area contributed by atoms with Gasteiger partial charge in [0.25, 0.3) is 0 Å². The minimum absolute atomic E-state index is 0.133. The summed E-state index contributed by atoms with van der Waals surface area (Å²) in [6.45, 7) is 7.70. The quantitative estimate of drug-likeness (QED) is 0.325. The Morgan fingerprint density at radius 3 is 1.75 bits per heavy atom. The Kier molecular flexibility index (Phi) is 10.0. The monoisotopic (exact) mass is 399 g/mol. The summed E-state index contributed by atoms with van der Waals surface area (Å²) in [6, 6.07) is 20.7. The molecule has 0 heterocycles. The van der Waals surface area contributed by atoms with Crippen LogP contribution in [-0.4, -0.2) is 18.2 Å². The molecule has 2 aromatic carbocycles. The Bertz CT molecular complexity index is 658. The second-order valence-corrected chi connectivity index (χ2v) is 10.8. The molecule has 0 amide bonds. The smallest absolute Gasteiger partial charge is 0.147 e. The van der Waals surface area contributed by atoms with E-state index in [1.807, 2.05) is 36.4 Å². The molecule has 0 aromatic heterocycles. The Labute approximate surface area is 172 Å². The molecule has 2 unspecified atom stereocenters. The van der Waals surface area contributed by atoms with Crippen LogP contribution in [0.5, 0.6) is 0 Å². The number of benzene rings is 2. The van der Waals surface area contributed by atoms with Crippen molar-refractivity contribution in [3.05, 3.63) is 60.7 Å². The fourth-order valence-electron chi connectivity index (χ4n) is 4.09. The van der Waals surface area contributed by atoms with Gasteiger partial charge in [0.15, 0.2) is 0 Å². The lowest BCUT2D eigenvalue weighted by Crippen LogP contribution is -2.44. The van der Waals surface area contributed by atoms with Crippen LogP contribution in [0.1, 0.15) is 65.7 Å². The lowest BCUT2D eigenvalue weighted by Gasteiger charge is -2.35. The Morgan fingerprint density at radius 1 is 0.750 bits per heavy atom. The van der Waals surface area contributed by atoms with Gasteiger partial charge in [-0.1, -0.05) is 107 Å². The number of hydrogen-bond acceptors (Lipinski definition) is 2. The number of hydrogen-bond donors (Lipinski definition) is 1. The molecule has 0 aliphatic rings. The molecule has 3 heteroatoms. The molecule has 0 saturated carbocycles. The van der Waals surface area contributed by atoms with Gasteiger partial charge in [-0.25, -0.2) is 0 Å². The van der Waals surface area contributed by atoms with Gasteiger partial charge < -0.3 is 9.88 Å². The van der Waals surface area contributed by atoms with E-state index in [1.165, 1.54) is 12.8 Å². The van der Waals surface area contributed by atoms with Gasteiger partial charge in [-0.05, 0) is 25.8 Å². The van der Waals surface area contributed by atoms with E-state index in [2.05, 4.69) is 50.4 Å². The Hall–Kier alpha value is -1.37. The molecular formula is C25H38NOP. The summed E-state index contributed by atoms with van der Waals surface area (Å²) in [6.07, 6.45) is 7.78. The topological polar surface area (TPSA) is 29.1 Å². The summed E-state index contributed by atoms with van der Waals surface area (Å²) in [5.41, 5.74) is 0.133. The minimum atomic E-state index is -2.76. The summed E-state index contributed by atoms with van der Waals surface area (Å²) in [7, 11) is -2.76. The third kappa shape index (κ3) is 5.82. The van der Waals surface area contributed by atoms with Gasteiger partial charge in [-0.2, -0.15) is 0 Å². The number of unbranched alkanes of at least 4 members (excludes halogenated alkanes) is 2. The van der Waals surface area contributed by atoms with E-state index >= 15 is 0 Å². The third-order valence-electron chi connectivity index (χ3n) is 5.60. The largest absolute Gasteiger partial charge is 0.313 e. The van der Waals surface area contributed by atoms with E-state index < -0.39 is 7.14 Å². The normalized spacial score (nSPS) is 14.0. The molecule has 2 nitrogen and oxygen atoms in total. The van der Waals surface area contributed by atoms with E-state index in [9.17, 15) is 4.57 Å². The van der Waals surface area contributed by atoms with Crippen molar-refractivity contribution in [1.82, 2.24) is 5.32 Å². The molecule has 0 aliphatic heterocycles. The second kappa shape index (κ2) is 12.2. The maximum absolute atomic E-state index is 14.9. The maximum Gasteiger partial charge on any atom is 0.147 e. The molecule has 1 N–H and O–H groups in total. The van der Waals surface area contributed by atoms with Crippen LogP contribution in [0.3, 0.4) is 0 Å². The lowest BCUT2D eigenvalue weighted by atomic mass is 10.0. The highest BCUT2D eigenvalue weighted by Gasteiger charge is 2.40. The SMILES string of the molecule is CCCCNC(CCC)C(CCCC)P(=O)(c1ccccc1)c1ccccc1. The fraction of sp³-hybridized carbons (Fsp3) is 0.520. The van der Waals surface area contributed by atoms with Crippen molar-refractivity contribution in [2.24, 2.45) is 0 Å². The van der Waals surface area contributed by atoms with Crippen molar-refractivity contribution in [3.8, 4) is 0 Å². The summed E-state index contributed by atoms with van der Waals surface area (Å²) >= 11 is 0. The van der Waals surface area contributed by atoms with Crippen LogP contribution in [0.25, 0.3) is 0 Å². The van der Waals surface area contributed by atoms with Crippen molar-refractivity contribution in [1.29, 1.82) is 0 Å². The van der Waals surface area contributed by atoms with Crippen LogP contribution < -0.4 is 15.9 Å². The van der Waals surface area contributed by atoms with Crippen LogP contribution >= 0.6 is 7.14 Å². The predicted molar refractivity (Wildman–Crippen MR) is 125 cm³/mol. The van der Waals surface area contributed by atoms with Crippen molar-refractivity contribution < 1.29 is 4.57 Å². The number of nitrogens with one attached hydrogen (secondary N) is 1.